The highest BCUT2D eigenvalue weighted by atomic mass is 35.5. The average Bonchev–Trinajstić information content (AvgIpc) is 2.38. The molecule has 0 aromatic heterocycles. The van der Waals surface area contributed by atoms with E-state index in [1.165, 1.54) is 18.2 Å². The Morgan fingerprint density at radius 1 is 1.21 bits per heavy atom. The van der Waals surface area contributed by atoms with E-state index in [9.17, 15) is 10.1 Å². The predicted octanol–water partition coefficient (Wildman–Crippen LogP) is 4.14. The van der Waals surface area contributed by atoms with Crippen LogP contribution in [0.1, 0.15) is 11.1 Å². The summed E-state index contributed by atoms with van der Waals surface area (Å²) in [5, 5.41) is 11.3. The lowest BCUT2D eigenvalue weighted by Crippen LogP contribution is -1.99. The Kier molecular flexibility index (Phi) is 4.02. The summed E-state index contributed by atoms with van der Waals surface area (Å²) < 4.78 is 5.48. The van der Waals surface area contributed by atoms with Crippen molar-refractivity contribution in [2.75, 3.05) is 0 Å². The van der Waals surface area contributed by atoms with E-state index < -0.39 is 4.92 Å². The highest BCUT2D eigenvalue weighted by Gasteiger charge is 2.15. The molecule has 0 bridgehead atoms. The summed E-state index contributed by atoms with van der Waals surface area (Å²) in [5.41, 5.74) is 2.01. The van der Waals surface area contributed by atoms with Gasteiger partial charge in [0.25, 0.3) is 0 Å². The molecule has 0 heterocycles. The molecule has 0 aliphatic rings. The number of nitro benzene ring substituents is 1. The van der Waals surface area contributed by atoms with E-state index in [4.69, 9.17) is 16.3 Å². The lowest BCUT2D eigenvalue weighted by Gasteiger charge is -2.07. The molecule has 0 N–H and O–H groups in total. The second kappa shape index (κ2) is 5.71. The fourth-order valence-corrected chi connectivity index (χ4v) is 1.76. The topological polar surface area (TPSA) is 52.4 Å². The molecule has 0 saturated heterocycles. The number of halogens is 1. The number of nitro groups is 1. The van der Waals surface area contributed by atoms with Crippen LogP contribution in [-0.4, -0.2) is 4.92 Å². The first-order valence-electron chi connectivity index (χ1n) is 5.68. The maximum Gasteiger partial charge on any atom is 0.311 e. The van der Waals surface area contributed by atoms with Crippen LogP contribution in [-0.2, 0) is 6.61 Å². The van der Waals surface area contributed by atoms with Crippen LogP contribution in [0.5, 0.6) is 5.75 Å². The van der Waals surface area contributed by atoms with E-state index in [0.29, 0.717) is 5.02 Å². The van der Waals surface area contributed by atoms with Gasteiger partial charge in [0.2, 0.25) is 0 Å². The van der Waals surface area contributed by atoms with E-state index >= 15 is 0 Å². The van der Waals surface area contributed by atoms with Gasteiger partial charge in [-0.2, -0.15) is 0 Å². The van der Waals surface area contributed by atoms with Crippen molar-refractivity contribution in [1.82, 2.24) is 0 Å². The number of ether oxygens (including phenoxy) is 1. The zero-order valence-electron chi connectivity index (χ0n) is 10.3. The van der Waals surface area contributed by atoms with Gasteiger partial charge in [-0.15, -0.1) is 0 Å². The number of aryl methyl sites for hydroxylation is 1. The lowest BCUT2D eigenvalue weighted by molar-refractivity contribution is -0.385. The van der Waals surface area contributed by atoms with Crippen LogP contribution in [0.15, 0.2) is 42.5 Å². The molecule has 4 nitrogen and oxygen atoms in total. The Balaban J connectivity index is 2.16. The summed E-state index contributed by atoms with van der Waals surface area (Å²) in [6.07, 6.45) is 0. The van der Waals surface area contributed by atoms with E-state index in [0.717, 1.165) is 11.1 Å². The molecule has 2 rings (SSSR count). The summed E-state index contributed by atoms with van der Waals surface area (Å²) >= 11 is 5.82. The van der Waals surface area contributed by atoms with Crippen molar-refractivity contribution in [3.05, 3.63) is 68.7 Å². The summed E-state index contributed by atoms with van der Waals surface area (Å²) in [6, 6.07) is 12.0. The molecule has 0 spiro atoms. The van der Waals surface area contributed by atoms with Gasteiger partial charge in [-0.1, -0.05) is 41.4 Å². The zero-order chi connectivity index (χ0) is 13.8. The van der Waals surface area contributed by atoms with Crippen molar-refractivity contribution in [1.29, 1.82) is 0 Å². The molecule has 0 unspecified atom stereocenters. The van der Waals surface area contributed by atoms with Crippen molar-refractivity contribution in [2.24, 2.45) is 0 Å². The Morgan fingerprint density at radius 2 is 1.89 bits per heavy atom. The molecule has 19 heavy (non-hydrogen) atoms. The van der Waals surface area contributed by atoms with Crippen molar-refractivity contribution in [3.63, 3.8) is 0 Å². The van der Waals surface area contributed by atoms with Gasteiger partial charge in [-0.05, 0) is 18.6 Å². The van der Waals surface area contributed by atoms with Gasteiger partial charge in [0.05, 0.1) is 4.92 Å². The number of nitrogens with zero attached hydrogens (tertiary/aromatic N) is 1. The van der Waals surface area contributed by atoms with E-state index in [1.54, 1.807) is 0 Å². The molecule has 0 saturated carbocycles. The van der Waals surface area contributed by atoms with Crippen LogP contribution < -0.4 is 4.74 Å². The molecule has 0 aliphatic carbocycles. The number of hydrogen-bond donors (Lipinski definition) is 0. The average molecular weight is 278 g/mol. The molecule has 0 atom stereocenters. The summed E-state index contributed by atoms with van der Waals surface area (Å²) in [5.74, 6) is 0.179. The van der Waals surface area contributed by atoms with Crippen LogP contribution in [0.3, 0.4) is 0 Å². The first-order chi connectivity index (χ1) is 9.06. The van der Waals surface area contributed by atoms with Gasteiger partial charge >= 0.3 is 5.69 Å². The molecule has 0 radical (unpaired) electrons. The molecular formula is C14H12ClNO3. The van der Waals surface area contributed by atoms with Gasteiger partial charge in [-0.25, -0.2) is 0 Å². The first-order valence-corrected chi connectivity index (χ1v) is 6.06. The minimum Gasteiger partial charge on any atom is -0.482 e. The van der Waals surface area contributed by atoms with Gasteiger partial charge in [-0.3, -0.25) is 10.1 Å². The Hall–Kier alpha value is -2.07. The monoisotopic (exact) mass is 277 g/mol. The molecule has 2 aromatic rings. The van der Waals surface area contributed by atoms with E-state index in [2.05, 4.69) is 0 Å². The highest BCUT2D eigenvalue weighted by molar-refractivity contribution is 6.30. The quantitative estimate of drug-likeness (QED) is 0.623. The molecular weight excluding hydrogens is 266 g/mol. The van der Waals surface area contributed by atoms with Crippen LogP contribution in [0.2, 0.25) is 5.02 Å². The first kappa shape index (κ1) is 13.4. The van der Waals surface area contributed by atoms with Crippen LogP contribution in [0.25, 0.3) is 0 Å². The van der Waals surface area contributed by atoms with Gasteiger partial charge in [0.1, 0.15) is 6.61 Å². The molecule has 2 aromatic carbocycles. The SMILES string of the molecule is Cc1ccc(COc2cc(Cl)ccc2[N+](=O)[O-])cc1. The smallest absolute Gasteiger partial charge is 0.311 e. The largest absolute Gasteiger partial charge is 0.482 e. The molecule has 0 fully saturated rings. The maximum atomic E-state index is 10.9. The highest BCUT2D eigenvalue weighted by Crippen LogP contribution is 2.30. The van der Waals surface area contributed by atoms with Crippen molar-refractivity contribution < 1.29 is 9.66 Å². The molecule has 0 aliphatic heterocycles. The Labute approximate surface area is 115 Å². The predicted molar refractivity (Wildman–Crippen MR) is 73.6 cm³/mol. The van der Waals surface area contributed by atoms with Crippen LogP contribution in [0, 0.1) is 17.0 Å². The number of rotatable bonds is 4. The third kappa shape index (κ3) is 3.45. The normalized spacial score (nSPS) is 10.2. The fraction of sp³-hybridized carbons (Fsp3) is 0.143. The van der Waals surface area contributed by atoms with Gasteiger partial charge in [0.15, 0.2) is 5.75 Å². The zero-order valence-corrected chi connectivity index (χ0v) is 11.1. The Morgan fingerprint density at radius 3 is 2.53 bits per heavy atom. The van der Waals surface area contributed by atoms with Crippen molar-refractivity contribution in [2.45, 2.75) is 13.5 Å². The second-order valence-corrected chi connectivity index (χ2v) is 4.58. The van der Waals surface area contributed by atoms with Crippen molar-refractivity contribution >= 4 is 17.3 Å². The summed E-state index contributed by atoms with van der Waals surface area (Å²) in [4.78, 5) is 10.4. The number of hydrogen-bond acceptors (Lipinski definition) is 3. The lowest BCUT2D eigenvalue weighted by atomic mass is 10.2. The van der Waals surface area contributed by atoms with Crippen LogP contribution >= 0.6 is 11.6 Å². The summed E-state index contributed by atoms with van der Waals surface area (Å²) in [6.45, 7) is 2.26. The van der Waals surface area contributed by atoms with E-state index in [1.807, 2.05) is 31.2 Å². The van der Waals surface area contributed by atoms with Gasteiger partial charge < -0.3 is 4.74 Å². The fourth-order valence-electron chi connectivity index (χ4n) is 1.60. The second-order valence-electron chi connectivity index (χ2n) is 4.14. The van der Waals surface area contributed by atoms with Crippen molar-refractivity contribution in [3.8, 4) is 5.75 Å². The third-order valence-electron chi connectivity index (χ3n) is 2.63. The minimum absolute atomic E-state index is 0.0866. The number of benzene rings is 2. The molecule has 98 valence electrons. The molecule has 0 amide bonds. The standard InChI is InChI=1S/C14H12ClNO3/c1-10-2-4-11(5-3-10)9-19-14-8-12(15)6-7-13(14)16(17)18/h2-8H,9H2,1H3. The molecule has 5 heteroatoms. The van der Waals surface area contributed by atoms with Crippen LogP contribution in [0.4, 0.5) is 5.69 Å². The minimum atomic E-state index is -0.485. The maximum absolute atomic E-state index is 10.9. The Bertz CT molecular complexity index is 596. The van der Waals surface area contributed by atoms with E-state index in [-0.39, 0.29) is 18.0 Å². The van der Waals surface area contributed by atoms with Gasteiger partial charge in [0, 0.05) is 17.2 Å². The summed E-state index contributed by atoms with van der Waals surface area (Å²) in [7, 11) is 0. The third-order valence-corrected chi connectivity index (χ3v) is 2.87.